The monoisotopic (exact) mass is 287 g/mol. The first-order chi connectivity index (χ1) is 9.33. The van der Waals surface area contributed by atoms with Crippen molar-refractivity contribution in [2.45, 2.75) is 64.3 Å². The molecule has 0 aliphatic heterocycles. The third-order valence-corrected chi connectivity index (χ3v) is 4.44. The van der Waals surface area contributed by atoms with Crippen molar-refractivity contribution in [3.63, 3.8) is 0 Å². The van der Waals surface area contributed by atoms with Crippen molar-refractivity contribution < 1.29 is 18.4 Å². The van der Waals surface area contributed by atoms with Gasteiger partial charge in [-0.2, -0.15) is 0 Å². The van der Waals surface area contributed by atoms with Crippen molar-refractivity contribution in [2.24, 2.45) is 17.8 Å². The molecule has 3 nitrogen and oxygen atoms in total. The molecule has 114 valence electrons. The Labute approximate surface area is 118 Å². The molecule has 0 heterocycles. The van der Waals surface area contributed by atoms with Gasteiger partial charge in [0.1, 0.15) is 5.92 Å². The minimum absolute atomic E-state index is 0.0331. The lowest BCUT2D eigenvalue weighted by Gasteiger charge is -2.31. The highest BCUT2D eigenvalue weighted by molar-refractivity contribution is 5.92. The van der Waals surface area contributed by atoms with Crippen LogP contribution in [0.4, 0.5) is 8.78 Å². The largest absolute Gasteiger partial charge is 0.346 e. The number of halogens is 2. The summed E-state index contributed by atoms with van der Waals surface area (Å²) in [6.07, 6.45) is 4.64. The second-order valence-electron chi connectivity index (χ2n) is 6.46. The van der Waals surface area contributed by atoms with Crippen LogP contribution >= 0.6 is 0 Å². The maximum absolute atomic E-state index is 13.0. The van der Waals surface area contributed by atoms with Crippen LogP contribution in [0.25, 0.3) is 0 Å². The van der Waals surface area contributed by atoms with E-state index in [0.29, 0.717) is 0 Å². The van der Waals surface area contributed by atoms with Gasteiger partial charge < -0.3 is 5.32 Å². The fourth-order valence-corrected chi connectivity index (χ4v) is 3.00. The quantitative estimate of drug-likeness (QED) is 0.845. The summed E-state index contributed by atoms with van der Waals surface area (Å²) in [7, 11) is 0. The average molecular weight is 287 g/mol. The van der Waals surface area contributed by atoms with Crippen molar-refractivity contribution >= 4 is 11.7 Å². The number of ketones is 1. The molecule has 0 aromatic heterocycles. The van der Waals surface area contributed by atoms with E-state index in [9.17, 15) is 18.4 Å². The number of carbonyl (C=O) groups excluding carboxylic acids is 2. The molecule has 2 rings (SSSR count). The van der Waals surface area contributed by atoms with Gasteiger partial charge in [-0.25, -0.2) is 8.78 Å². The van der Waals surface area contributed by atoms with Crippen LogP contribution in [0.15, 0.2) is 0 Å². The molecule has 0 bridgehead atoms. The van der Waals surface area contributed by atoms with Gasteiger partial charge in [0, 0.05) is 12.3 Å². The van der Waals surface area contributed by atoms with Gasteiger partial charge in [-0.3, -0.25) is 9.59 Å². The maximum atomic E-state index is 13.0. The third kappa shape index (κ3) is 3.36. The zero-order chi connectivity index (χ0) is 14.9. The van der Waals surface area contributed by atoms with Gasteiger partial charge in [0.05, 0.1) is 6.04 Å². The number of hydrogen-bond acceptors (Lipinski definition) is 2. The van der Waals surface area contributed by atoms with E-state index in [2.05, 4.69) is 5.32 Å². The van der Waals surface area contributed by atoms with Crippen LogP contribution in [0.3, 0.4) is 0 Å². The molecule has 20 heavy (non-hydrogen) atoms. The maximum Gasteiger partial charge on any atom is 0.260 e. The highest BCUT2D eigenvalue weighted by Gasteiger charge is 2.61. The minimum Gasteiger partial charge on any atom is -0.346 e. The zero-order valence-corrected chi connectivity index (χ0v) is 12.1. The van der Waals surface area contributed by atoms with E-state index in [1.807, 2.05) is 0 Å². The number of carbonyl (C=O) groups is 2. The van der Waals surface area contributed by atoms with Gasteiger partial charge in [-0.1, -0.05) is 33.1 Å². The van der Waals surface area contributed by atoms with Crippen molar-refractivity contribution in [1.82, 2.24) is 5.32 Å². The van der Waals surface area contributed by atoms with Crippen LogP contribution in [0.1, 0.15) is 52.4 Å². The molecule has 0 aromatic carbocycles. The van der Waals surface area contributed by atoms with Crippen molar-refractivity contribution in [3.8, 4) is 0 Å². The molecule has 0 saturated heterocycles. The smallest absolute Gasteiger partial charge is 0.260 e. The van der Waals surface area contributed by atoms with E-state index in [4.69, 9.17) is 0 Å². The highest BCUT2D eigenvalue weighted by Crippen LogP contribution is 2.48. The summed E-state index contributed by atoms with van der Waals surface area (Å²) >= 11 is 0. The van der Waals surface area contributed by atoms with Crippen molar-refractivity contribution in [1.29, 1.82) is 0 Å². The zero-order valence-electron chi connectivity index (χ0n) is 12.1. The predicted octanol–water partition coefficient (Wildman–Crippen LogP) is 2.93. The van der Waals surface area contributed by atoms with Crippen LogP contribution in [0, 0.1) is 17.8 Å². The number of hydrogen-bond donors (Lipinski definition) is 1. The number of amides is 1. The van der Waals surface area contributed by atoms with E-state index in [0.717, 1.165) is 32.1 Å². The van der Waals surface area contributed by atoms with E-state index in [1.165, 1.54) is 0 Å². The first-order valence-corrected chi connectivity index (χ1v) is 7.55. The predicted molar refractivity (Wildman–Crippen MR) is 71.4 cm³/mol. The molecule has 2 unspecified atom stereocenters. The lowest BCUT2D eigenvalue weighted by atomic mass is 9.80. The van der Waals surface area contributed by atoms with Gasteiger partial charge in [0.2, 0.25) is 5.91 Å². The SMILES string of the molecule is CC(C)C(=O)C(NC(=O)C1CC1(F)F)C1CCCCC1. The molecular weight excluding hydrogens is 264 g/mol. The summed E-state index contributed by atoms with van der Waals surface area (Å²) in [6, 6.07) is -0.584. The van der Waals surface area contributed by atoms with Gasteiger partial charge in [0.15, 0.2) is 5.78 Å². The Kier molecular flexibility index (Phi) is 4.45. The third-order valence-electron chi connectivity index (χ3n) is 4.44. The van der Waals surface area contributed by atoms with Crippen molar-refractivity contribution in [2.75, 3.05) is 0 Å². The minimum atomic E-state index is -2.87. The molecule has 2 saturated carbocycles. The Bertz CT molecular complexity index is 389. The van der Waals surface area contributed by atoms with E-state index >= 15 is 0 Å². The first kappa shape index (κ1) is 15.4. The Morgan fingerprint density at radius 1 is 1.15 bits per heavy atom. The summed E-state index contributed by atoms with van der Waals surface area (Å²) in [6.45, 7) is 3.58. The first-order valence-electron chi connectivity index (χ1n) is 7.55. The fourth-order valence-electron chi connectivity index (χ4n) is 3.00. The Morgan fingerprint density at radius 2 is 1.70 bits per heavy atom. The van der Waals surface area contributed by atoms with E-state index in [-0.39, 0.29) is 24.0 Å². The van der Waals surface area contributed by atoms with Crippen LogP contribution in [-0.4, -0.2) is 23.7 Å². The molecule has 2 aliphatic carbocycles. The topological polar surface area (TPSA) is 46.2 Å². The number of Topliss-reactive ketones (excluding diaryl/α,β-unsaturated/α-hetero) is 1. The van der Waals surface area contributed by atoms with Crippen LogP contribution in [0.5, 0.6) is 0 Å². The molecule has 2 fully saturated rings. The second-order valence-corrected chi connectivity index (χ2v) is 6.46. The number of alkyl halides is 2. The summed E-state index contributed by atoms with van der Waals surface area (Å²) in [5.74, 6) is -4.87. The molecule has 1 N–H and O–H groups in total. The molecular formula is C15H23F2NO2. The Hall–Kier alpha value is -1.00. The summed E-state index contributed by atoms with van der Waals surface area (Å²) in [5.41, 5.74) is 0. The van der Waals surface area contributed by atoms with Gasteiger partial charge in [-0.05, 0) is 18.8 Å². The molecule has 2 aliphatic rings. The molecule has 1 amide bonds. The lowest BCUT2D eigenvalue weighted by molar-refractivity contribution is -0.132. The van der Waals surface area contributed by atoms with Crippen LogP contribution < -0.4 is 5.32 Å². The van der Waals surface area contributed by atoms with Gasteiger partial charge in [-0.15, -0.1) is 0 Å². The molecule has 0 radical (unpaired) electrons. The molecule has 5 heteroatoms. The lowest BCUT2D eigenvalue weighted by Crippen LogP contribution is -2.49. The van der Waals surface area contributed by atoms with E-state index < -0.39 is 23.8 Å². The Morgan fingerprint density at radius 3 is 2.15 bits per heavy atom. The number of nitrogens with one attached hydrogen (secondary N) is 1. The number of rotatable bonds is 5. The van der Waals surface area contributed by atoms with Crippen LogP contribution in [0.2, 0.25) is 0 Å². The highest BCUT2D eigenvalue weighted by atomic mass is 19.3. The summed E-state index contributed by atoms with van der Waals surface area (Å²) in [4.78, 5) is 24.1. The molecule has 2 atom stereocenters. The summed E-state index contributed by atoms with van der Waals surface area (Å²) in [5, 5.41) is 2.62. The summed E-state index contributed by atoms with van der Waals surface area (Å²) < 4.78 is 25.9. The van der Waals surface area contributed by atoms with Gasteiger partial charge >= 0.3 is 0 Å². The van der Waals surface area contributed by atoms with Crippen molar-refractivity contribution in [3.05, 3.63) is 0 Å². The van der Waals surface area contributed by atoms with E-state index in [1.54, 1.807) is 13.8 Å². The fraction of sp³-hybridized carbons (Fsp3) is 0.867. The average Bonchev–Trinajstić information content (AvgIpc) is 3.05. The standard InChI is InChI=1S/C15H23F2NO2/c1-9(2)13(19)12(10-6-4-3-5-7-10)18-14(20)11-8-15(11,16)17/h9-12H,3-8H2,1-2H3,(H,18,20). The van der Waals surface area contributed by atoms with Gasteiger partial charge in [0.25, 0.3) is 5.92 Å². The normalized spacial score (nSPS) is 27.1. The second kappa shape index (κ2) is 5.78. The molecule has 0 aromatic rings. The molecule has 0 spiro atoms. The Balaban J connectivity index is 2.02. The van der Waals surface area contributed by atoms with Crippen LogP contribution in [-0.2, 0) is 9.59 Å².